The van der Waals surface area contributed by atoms with Gasteiger partial charge in [0, 0.05) is 28.9 Å². The number of rotatable bonds is 5. The third kappa shape index (κ3) is 4.09. The predicted molar refractivity (Wildman–Crippen MR) is 120 cm³/mol. The molecule has 0 saturated heterocycles. The fourth-order valence-electron chi connectivity index (χ4n) is 3.62. The smallest absolute Gasteiger partial charge is 0.229 e. The topological polar surface area (TPSA) is 76.1 Å². The van der Waals surface area contributed by atoms with E-state index in [1.807, 2.05) is 49.4 Å². The molecule has 0 amide bonds. The van der Waals surface area contributed by atoms with Crippen LogP contribution in [0.5, 0.6) is 5.75 Å². The molecular formula is C23H23ClN4O2. The van der Waals surface area contributed by atoms with Crippen LogP contribution >= 0.6 is 11.6 Å². The first-order valence-corrected chi connectivity index (χ1v) is 10.2. The van der Waals surface area contributed by atoms with Gasteiger partial charge in [-0.1, -0.05) is 30.7 Å². The first-order chi connectivity index (χ1) is 14.4. The minimum Gasteiger partial charge on any atom is -0.497 e. The van der Waals surface area contributed by atoms with Gasteiger partial charge in [0.05, 0.1) is 18.4 Å². The summed E-state index contributed by atoms with van der Waals surface area (Å²) in [6.07, 6.45) is 1.21. The van der Waals surface area contributed by atoms with Crippen LogP contribution in [0.3, 0.4) is 0 Å². The normalized spacial score (nSPS) is 15.5. The van der Waals surface area contributed by atoms with Crippen molar-refractivity contribution in [3.05, 3.63) is 64.3 Å². The lowest BCUT2D eigenvalue weighted by Crippen LogP contribution is -2.22. The van der Waals surface area contributed by atoms with Crippen LogP contribution in [0.1, 0.15) is 35.0 Å². The van der Waals surface area contributed by atoms with Gasteiger partial charge < -0.3 is 15.4 Å². The molecule has 1 atom stereocenters. The Hall–Kier alpha value is -3.12. The van der Waals surface area contributed by atoms with Gasteiger partial charge in [0.15, 0.2) is 5.78 Å². The fraction of sp³-hybridized carbons (Fsp3) is 0.261. The zero-order valence-electron chi connectivity index (χ0n) is 17.1. The third-order valence-corrected chi connectivity index (χ3v) is 5.59. The number of anilines is 4. The molecular weight excluding hydrogens is 400 g/mol. The van der Waals surface area contributed by atoms with E-state index in [0.717, 1.165) is 34.8 Å². The van der Waals surface area contributed by atoms with Crippen molar-refractivity contribution in [1.29, 1.82) is 0 Å². The van der Waals surface area contributed by atoms with E-state index in [4.69, 9.17) is 16.3 Å². The Morgan fingerprint density at radius 1 is 1.10 bits per heavy atom. The number of fused-ring (bicyclic) bond motifs is 1. The Balaban J connectivity index is 1.77. The maximum Gasteiger partial charge on any atom is 0.229 e. The number of ketones is 1. The Morgan fingerprint density at radius 2 is 1.90 bits per heavy atom. The summed E-state index contributed by atoms with van der Waals surface area (Å²) in [5, 5.41) is 7.20. The second-order valence-corrected chi connectivity index (χ2v) is 7.96. The zero-order valence-corrected chi connectivity index (χ0v) is 17.9. The van der Waals surface area contributed by atoms with Crippen LogP contribution in [0.15, 0.2) is 42.5 Å². The maximum atomic E-state index is 12.8. The molecule has 2 N–H and O–H groups in total. The molecule has 7 heteroatoms. The van der Waals surface area contributed by atoms with Crippen LogP contribution in [-0.4, -0.2) is 22.9 Å². The maximum absolute atomic E-state index is 12.8. The van der Waals surface area contributed by atoms with Crippen LogP contribution in [0, 0.1) is 12.8 Å². The van der Waals surface area contributed by atoms with Crippen LogP contribution in [0.2, 0.25) is 5.02 Å². The van der Waals surface area contributed by atoms with E-state index in [0.29, 0.717) is 28.8 Å². The fourth-order valence-corrected chi connectivity index (χ4v) is 3.79. The van der Waals surface area contributed by atoms with Crippen molar-refractivity contribution in [3.8, 4) is 5.75 Å². The number of aromatic nitrogens is 2. The van der Waals surface area contributed by atoms with E-state index in [-0.39, 0.29) is 11.7 Å². The van der Waals surface area contributed by atoms with E-state index in [1.165, 1.54) is 0 Å². The standard InChI is InChI=1S/C23H23ClN4O2/c1-13-10-19-21(20(29)11-13)22(26-18-9-5-8-17(24)14(18)2)28-23(27-19)25-15-6-4-7-16(12-15)30-3/h4-9,12-13H,10-11H2,1-3H3,(H2,25,26,27,28). The summed E-state index contributed by atoms with van der Waals surface area (Å²) in [4.78, 5) is 22.1. The Kier molecular flexibility index (Phi) is 5.59. The van der Waals surface area contributed by atoms with Crippen LogP contribution in [-0.2, 0) is 6.42 Å². The van der Waals surface area contributed by atoms with Crippen molar-refractivity contribution < 1.29 is 9.53 Å². The number of carbonyl (C=O) groups excluding carboxylic acids is 1. The third-order valence-electron chi connectivity index (χ3n) is 5.19. The number of hydrogen-bond acceptors (Lipinski definition) is 6. The molecule has 6 nitrogen and oxygen atoms in total. The van der Waals surface area contributed by atoms with Gasteiger partial charge in [-0.05, 0) is 49.1 Å². The number of halogens is 1. The molecule has 0 fully saturated rings. The number of benzene rings is 2. The monoisotopic (exact) mass is 422 g/mol. The quantitative estimate of drug-likeness (QED) is 0.549. The number of nitrogens with one attached hydrogen (secondary N) is 2. The summed E-state index contributed by atoms with van der Waals surface area (Å²) >= 11 is 6.27. The summed E-state index contributed by atoms with van der Waals surface area (Å²) in [5.41, 5.74) is 3.81. The summed E-state index contributed by atoms with van der Waals surface area (Å²) in [7, 11) is 1.62. The largest absolute Gasteiger partial charge is 0.497 e. The van der Waals surface area contributed by atoms with Crippen molar-refractivity contribution in [2.75, 3.05) is 17.7 Å². The lowest BCUT2D eigenvalue weighted by atomic mass is 9.87. The average Bonchev–Trinajstić information content (AvgIpc) is 2.71. The molecule has 0 saturated carbocycles. The SMILES string of the molecule is COc1cccc(Nc2nc3c(c(Nc4cccc(Cl)c4C)n2)C(=O)CC(C)C3)c1. The first-order valence-electron chi connectivity index (χ1n) is 9.82. The molecule has 30 heavy (non-hydrogen) atoms. The van der Waals surface area contributed by atoms with Crippen molar-refractivity contribution in [2.45, 2.75) is 26.7 Å². The summed E-state index contributed by atoms with van der Waals surface area (Å²) in [6, 6.07) is 13.2. The van der Waals surface area contributed by atoms with Gasteiger partial charge in [-0.2, -0.15) is 4.98 Å². The van der Waals surface area contributed by atoms with E-state index in [2.05, 4.69) is 27.5 Å². The van der Waals surface area contributed by atoms with Gasteiger partial charge in [0.1, 0.15) is 11.6 Å². The van der Waals surface area contributed by atoms with Crippen LogP contribution in [0.4, 0.5) is 23.1 Å². The Labute approximate surface area is 180 Å². The molecule has 0 spiro atoms. The highest BCUT2D eigenvalue weighted by molar-refractivity contribution is 6.31. The molecule has 1 aliphatic carbocycles. The second-order valence-electron chi connectivity index (χ2n) is 7.55. The minimum atomic E-state index is 0.0545. The number of ether oxygens (including phenoxy) is 1. The second kappa shape index (κ2) is 8.32. The lowest BCUT2D eigenvalue weighted by molar-refractivity contribution is 0.0953. The number of nitrogens with zero attached hydrogens (tertiary/aromatic N) is 2. The van der Waals surface area contributed by atoms with Gasteiger partial charge in [-0.25, -0.2) is 4.98 Å². The molecule has 1 aromatic heterocycles. The molecule has 1 unspecified atom stereocenters. The summed E-state index contributed by atoms with van der Waals surface area (Å²) in [5.74, 6) is 1.94. The van der Waals surface area contributed by atoms with Gasteiger partial charge >= 0.3 is 0 Å². The van der Waals surface area contributed by atoms with Gasteiger partial charge in [-0.15, -0.1) is 0 Å². The van der Waals surface area contributed by atoms with E-state index in [1.54, 1.807) is 7.11 Å². The van der Waals surface area contributed by atoms with Crippen LogP contribution < -0.4 is 15.4 Å². The van der Waals surface area contributed by atoms with Crippen molar-refractivity contribution in [3.63, 3.8) is 0 Å². The van der Waals surface area contributed by atoms with Gasteiger partial charge in [0.25, 0.3) is 0 Å². The molecule has 3 aromatic rings. The number of Topliss-reactive ketones (excluding diaryl/α,β-unsaturated/α-hetero) is 1. The Morgan fingerprint density at radius 3 is 2.70 bits per heavy atom. The highest BCUT2D eigenvalue weighted by atomic mass is 35.5. The van der Waals surface area contributed by atoms with Crippen molar-refractivity contribution >= 4 is 40.5 Å². The lowest BCUT2D eigenvalue weighted by Gasteiger charge is -2.23. The molecule has 0 radical (unpaired) electrons. The number of hydrogen-bond donors (Lipinski definition) is 2. The molecule has 4 rings (SSSR count). The summed E-state index contributed by atoms with van der Waals surface area (Å²) < 4.78 is 5.29. The van der Waals surface area contributed by atoms with Gasteiger partial charge in [0.2, 0.25) is 5.95 Å². The van der Waals surface area contributed by atoms with E-state index >= 15 is 0 Å². The first kappa shape index (κ1) is 20.2. The molecule has 0 bridgehead atoms. The molecule has 154 valence electrons. The highest BCUT2D eigenvalue weighted by Gasteiger charge is 2.28. The average molecular weight is 423 g/mol. The van der Waals surface area contributed by atoms with E-state index < -0.39 is 0 Å². The molecule has 2 aromatic carbocycles. The molecule has 1 heterocycles. The van der Waals surface area contributed by atoms with Crippen molar-refractivity contribution in [1.82, 2.24) is 9.97 Å². The van der Waals surface area contributed by atoms with Crippen molar-refractivity contribution in [2.24, 2.45) is 5.92 Å². The van der Waals surface area contributed by atoms with E-state index in [9.17, 15) is 4.79 Å². The minimum absolute atomic E-state index is 0.0545. The zero-order chi connectivity index (χ0) is 21.3. The molecule has 0 aliphatic heterocycles. The summed E-state index contributed by atoms with van der Waals surface area (Å²) in [6.45, 7) is 3.99. The highest BCUT2D eigenvalue weighted by Crippen LogP contribution is 2.33. The predicted octanol–water partition coefficient (Wildman–Crippen LogP) is 5.70. The van der Waals surface area contributed by atoms with Crippen LogP contribution in [0.25, 0.3) is 0 Å². The Bertz CT molecular complexity index is 1120. The number of methoxy groups -OCH3 is 1. The molecule has 1 aliphatic rings. The van der Waals surface area contributed by atoms with Gasteiger partial charge in [-0.3, -0.25) is 4.79 Å². The number of carbonyl (C=O) groups is 1.